The number of halogens is 1. The number of rotatable bonds is 9. The fraction of sp³-hybridized carbons (Fsp3) is 0.926. The Morgan fingerprint density at radius 2 is 1.71 bits per heavy atom. The number of nitrogens with one attached hydrogen (secondary N) is 1. The van der Waals surface area contributed by atoms with Gasteiger partial charge in [0.05, 0.1) is 5.38 Å². The molecule has 2 fully saturated rings. The lowest BCUT2D eigenvalue weighted by Crippen LogP contribution is -2.53. The number of nitrogens with zero attached hydrogens (tertiary/aromatic N) is 2. The van der Waals surface area contributed by atoms with Gasteiger partial charge in [0.15, 0.2) is 0 Å². The number of likely N-dealkylation sites (tertiary alicyclic amines) is 2. The molecule has 2 aliphatic heterocycles. The van der Waals surface area contributed by atoms with Gasteiger partial charge in [-0.3, -0.25) is 0 Å². The number of alkyl halides is 1. The molecule has 0 aromatic heterocycles. The van der Waals surface area contributed by atoms with Crippen LogP contribution in [0.3, 0.4) is 0 Å². The van der Waals surface area contributed by atoms with Crippen molar-refractivity contribution in [2.24, 2.45) is 35.0 Å². The molecule has 0 radical (unpaired) electrons. The maximum atomic E-state index is 6.30. The van der Waals surface area contributed by atoms with Crippen LogP contribution in [0.4, 0.5) is 0 Å². The van der Waals surface area contributed by atoms with Crippen molar-refractivity contribution in [1.82, 2.24) is 15.1 Å². The van der Waals surface area contributed by atoms with Crippen LogP contribution in [0.25, 0.3) is 0 Å². The van der Waals surface area contributed by atoms with Crippen LogP contribution < -0.4 is 5.32 Å². The van der Waals surface area contributed by atoms with Gasteiger partial charge < -0.3 is 15.1 Å². The Morgan fingerprint density at radius 3 is 2.32 bits per heavy atom. The van der Waals surface area contributed by atoms with Gasteiger partial charge in [0.25, 0.3) is 0 Å². The Labute approximate surface area is 198 Å². The van der Waals surface area contributed by atoms with Gasteiger partial charge in [-0.2, -0.15) is 0 Å². The fourth-order valence-electron chi connectivity index (χ4n) is 6.45. The van der Waals surface area contributed by atoms with Crippen LogP contribution in [0.15, 0.2) is 12.2 Å². The summed E-state index contributed by atoms with van der Waals surface area (Å²) in [4.78, 5) is 5.42. The number of piperidine rings is 1. The molecule has 180 valence electrons. The number of hydrogen-bond acceptors (Lipinski definition) is 3. The van der Waals surface area contributed by atoms with Crippen LogP contribution in [-0.4, -0.2) is 67.0 Å². The van der Waals surface area contributed by atoms with E-state index in [1.165, 1.54) is 65.1 Å². The van der Waals surface area contributed by atoms with Crippen LogP contribution in [0.1, 0.15) is 67.2 Å². The fourth-order valence-corrected chi connectivity index (χ4v) is 6.66. The van der Waals surface area contributed by atoms with Crippen molar-refractivity contribution in [1.29, 1.82) is 0 Å². The predicted molar refractivity (Wildman–Crippen MR) is 136 cm³/mol. The highest BCUT2D eigenvalue weighted by atomic mass is 35.5. The lowest BCUT2D eigenvalue weighted by molar-refractivity contribution is 0.0218. The van der Waals surface area contributed by atoms with Gasteiger partial charge in [0.1, 0.15) is 0 Å². The Balaban J connectivity index is 1.48. The molecule has 2 unspecified atom stereocenters. The van der Waals surface area contributed by atoms with Crippen molar-refractivity contribution in [2.75, 3.05) is 45.8 Å². The predicted octanol–water partition coefficient (Wildman–Crippen LogP) is 5.50. The van der Waals surface area contributed by atoms with E-state index in [4.69, 9.17) is 11.6 Å². The standard InChI is InChI=1S/C27H50ClN3/c1-20(2)16-30-13-11-22(17-30)15-29-26(21(3)4)18-31-14-12-25(27(5,6)19-31)23-7-9-24(28)10-8-23/h7,9,20-26,29H,8,10-19H2,1-6H3/t22-,23?,24?,25+,26-/m0/s1. The zero-order valence-corrected chi connectivity index (χ0v) is 22.0. The average Bonchev–Trinajstić information content (AvgIpc) is 3.12. The molecule has 1 aliphatic carbocycles. The summed E-state index contributed by atoms with van der Waals surface area (Å²) in [5.74, 6) is 3.80. The molecule has 2 heterocycles. The summed E-state index contributed by atoms with van der Waals surface area (Å²) in [6.45, 7) is 23.2. The molecule has 2 saturated heterocycles. The lowest BCUT2D eigenvalue weighted by Gasteiger charge is -2.48. The molecular weight excluding hydrogens is 402 g/mol. The molecule has 1 N–H and O–H groups in total. The first-order valence-electron chi connectivity index (χ1n) is 13.1. The molecule has 3 rings (SSSR count). The van der Waals surface area contributed by atoms with Crippen molar-refractivity contribution in [2.45, 2.75) is 78.6 Å². The molecular formula is C27H50ClN3. The summed E-state index contributed by atoms with van der Waals surface area (Å²) in [6, 6.07) is 0.595. The van der Waals surface area contributed by atoms with Crippen LogP contribution in [0, 0.1) is 35.0 Å². The molecule has 3 aliphatic rings. The third-order valence-corrected chi connectivity index (χ3v) is 8.54. The second-order valence-corrected chi connectivity index (χ2v) is 12.9. The first-order chi connectivity index (χ1) is 14.6. The molecule has 0 bridgehead atoms. The summed E-state index contributed by atoms with van der Waals surface area (Å²) in [5, 5.41) is 4.25. The molecule has 0 spiro atoms. The van der Waals surface area contributed by atoms with E-state index < -0.39 is 0 Å². The van der Waals surface area contributed by atoms with Crippen molar-refractivity contribution < 1.29 is 0 Å². The maximum absolute atomic E-state index is 6.30. The van der Waals surface area contributed by atoms with Gasteiger partial charge in [-0.1, -0.05) is 53.7 Å². The Kier molecular flexibility index (Phi) is 9.36. The normalized spacial score (nSPS) is 33.5. The zero-order chi connectivity index (χ0) is 22.6. The third kappa shape index (κ3) is 7.45. The summed E-state index contributed by atoms with van der Waals surface area (Å²) in [7, 11) is 0. The SMILES string of the molecule is CC(C)CN1CC[C@@H](CN[C@@H](CN2CC[C@H](C3C=CC(Cl)CC3)C(C)(C)C2)C(C)C)C1. The van der Waals surface area contributed by atoms with Gasteiger partial charge in [0, 0.05) is 32.2 Å². The molecule has 0 saturated carbocycles. The zero-order valence-electron chi connectivity index (χ0n) is 21.2. The summed E-state index contributed by atoms with van der Waals surface area (Å²) < 4.78 is 0. The van der Waals surface area contributed by atoms with Crippen molar-refractivity contribution in [3.63, 3.8) is 0 Å². The van der Waals surface area contributed by atoms with Crippen LogP contribution in [0.2, 0.25) is 0 Å². The summed E-state index contributed by atoms with van der Waals surface area (Å²) in [6.07, 6.45) is 9.79. The van der Waals surface area contributed by atoms with E-state index in [9.17, 15) is 0 Å². The highest BCUT2D eigenvalue weighted by Crippen LogP contribution is 2.43. The van der Waals surface area contributed by atoms with E-state index in [1.807, 2.05) is 0 Å². The molecule has 0 amide bonds. The van der Waals surface area contributed by atoms with Crippen molar-refractivity contribution in [3.05, 3.63) is 12.2 Å². The minimum absolute atomic E-state index is 0.259. The smallest absolute Gasteiger partial charge is 0.0516 e. The Bertz CT molecular complexity index is 573. The van der Waals surface area contributed by atoms with Crippen molar-refractivity contribution in [3.8, 4) is 0 Å². The molecule has 31 heavy (non-hydrogen) atoms. The molecule has 4 heteroatoms. The van der Waals surface area contributed by atoms with Crippen LogP contribution >= 0.6 is 11.6 Å². The molecule has 3 nitrogen and oxygen atoms in total. The first-order valence-corrected chi connectivity index (χ1v) is 13.6. The van der Waals surface area contributed by atoms with E-state index in [0.717, 1.165) is 30.1 Å². The minimum Gasteiger partial charge on any atom is -0.312 e. The van der Waals surface area contributed by atoms with Gasteiger partial charge in [-0.25, -0.2) is 0 Å². The van der Waals surface area contributed by atoms with Crippen LogP contribution in [0.5, 0.6) is 0 Å². The van der Waals surface area contributed by atoms with Gasteiger partial charge in [-0.05, 0) is 80.3 Å². The second-order valence-electron chi connectivity index (χ2n) is 12.3. The monoisotopic (exact) mass is 451 g/mol. The Morgan fingerprint density at radius 1 is 0.968 bits per heavy atom. The van der Waals surface area contributed by atoms with E-state index in [-0.39, 0.29) is 5.38 Å². The topological polar surface area (TPSA) is 18.5 Å². The molecule has 0 aromatic rings. The highest BCUT2D eigenvalue weighted by Gasteiger charge is 2.40. The average molecular weight is 452 g/mol. The summed E-state index contributed by atoms with van der Waals surface area (Å²) >= 11 is 6.30. The first kappa shape index (κ1) is 25.5. The van der Waals surface area contributed by atoms with Gasteiger partial charge >= 0.3 is 0 Å². The van der Waals surface area contributed by atoms with E-state index in [0.29, 0.717) is 17.4 Å². The Hall–Kier alpha value is -0.0900. The van der Waals surface area contributed by atoms with E-state index in [2.05, 4.69) is 68.8 Å². The van der Waals surface area contributed by atoms with E-state index in [1.54, 1.807) is 0 Å². The number of hydrogen-bond donors (Lipinski definition) is 1. The maximum Gasteiger partial charge on any atom is 0.0516 e. The van der Waals surface area contributed by atoms with Crippen molar-refractivity contribution >= 4 is 11.6 Å². The molecule has 5 atom stereocenters. The molecule has 0 aromatic carbocycles. The number of allylic oxidation sites excluding steroid dienone is 2. The summed E-state index contributed by atoms with van der Waals surface area (Å²) in [5.41, 5.74) is 0.372. The van der Waals surface area contributed by atoms with Gasteiger partial charge in [-0.15, -0.1) is 11.6 Å². The largest absolute Gasteiger partial charge is 0.312 e. The second kappa shape index (κ2) is 11.4. The van der Waals surface area contributed by atoms with Gasteiger partial charge in [0.2, 0.25) is 0 Å². The van der Waals surface area contributed by atoms with E-state index >= 15 is 0 Å². The third-order valence-electron chi connectivity index (χ3n) is 8.17. The minimum atomic E-state index is 0.259. The lowest BCUT2D eigenvalue weighted by atomic mass is 9.65. The quantitative estimate of drug-likeness (QED) is 0.368. The highest BCUT2D eigenvalue weighted by molar-refractivity contribution is 6.21. The van der Waals surface area contributed by atoms with Crippen LogP contribution in [-0.2, 0) is 0 Å².